The summed E-state index contributed by atoms with van der Waals surface area (Å²) in [7, 11) is 0. The van der Waals surface area contributed by atoms with Crippen molar-refractivity contribution in [2.24, 2.45) is 0 Å². The van der Waals surface area contributed by atoms with Crippen LogP contribution in [-0.2, 0) is 5.41 Å². The van der Waals surface area contributed by atoms with Crippen LogP contribution in [0.1, 0.15) is 24.0 Å². The molecule has 0 radical (unpaired) electrons. The molecule has 6 nitrogen and oxygen atoms in total. The van der Waals surface area contributed by atoms with Crippen LogP contribution >= 0.6 is 0 Å². The molecule has 0 aliphatic carbocycles. The van der Waals surface area contributed by atoms with Gasteiger partial charge in [-0.25, -0.2) is 4.79 Å². The van der Waals surface area contributed by atoms with Gasteiger partial charge in [-0.15, -0.1) is 5.73 Å². The number of amides is 2. The number of carbonyl (C=O) groups excluding carboxylic acids is 1. The average molecular weight is 428 g/mol. The Morgan fingerprint density at radius 1 is 0.969 bits per heavy atom. The van der Waals surface area contributed by atoms with E-state index in [1.165, 1.54) is 24.3 Å². The largest absolute Gasteiger partial charge is 0.337 e. The number of benzene rings is 3. The van der Waals surface area contributed by atoms with Crippen LogP contribution in [0.15, 0.2) is 103 Å². The number of hydrogen-bond acceptors (Lipinski definition) is 3. The summed E-state index contributed by atoms with van der Waals surface area (Å²) >= 11 is 0. The summed E-state index contributed by atoms with van der Waals surface area (Å²) in [4.78, 5) is 23.0. The van der Waals surface area contributed by atoms with Crippen molar-refractivity contribution in [1.82, 2.24) is 5.32 Å². The lowest BCUT2D eigenvalue weighted by Gasteiger charge is -2.35. The molecule has 0 atom stereocenters. The first-order valence-electron chi connectivity index (χ1n) is 10.3. The minimum Gasteiger partial charge on any atom is -0.337 e. The SMILES string of the molecule is C=C=CCCC(CNC(=O)Nc1ccc([N+](=O)[O-])cc1)(c1ccccc1)c1ccccc1. The third-order valence-corrected chi connectivity index (χ3v) is 5.40. The number of nitro groups is 1. The molecule has 0 bridgehead atoms. The Kier molecular flexibility index (Phi) is 7.57. The smallest absolute Gasteiger partial charge is 0.319 e. The van der Waals surface area contributed by atoms with E-state index in [-0.39, 0.29) is 11.7 Å². The normalized spacial score (nSPS) is 10.6. The van der Waals surface area contributed by atoms with E-state index >= 15 is 0 Å². The molecule has 0 aliphatic rings. The van der Waals surface area contributed by atoms with Crippen molar-refractivity contribution in [2.75, 3.05) is 11.9 Å². The molecule has 2 N–H and O–H groups in total. The van der Waals surface area contributed by atoms with E-state index in [1.807, 2.05) is 42.5 Å². The third kappa shape index (κ3) is 5.50. The van der Waals surface area contributed by atoms with E-state index < -0.39 is 10.3 Å². The molecule has 0 aliphatic heterocycles. The second-order valence-electron chi connectivity index (χ2n) is 7.37. The Bertz CT molecular complexity index is 1050. The zero-order valence-electron chi connectivity index (χ0n) is 17.7. The maximum Gasteiger partial charge on any atom is 0.319 e. The standard InChI is InChI=1S/C26H25N3O3/c1-2-3-10-19-26(21-11-6-4-7-12-21,22-13-8-5-9-14-22)20-27-25(30)28-23-15-17-24(18-16-23)29(31)32/h3-9,11-18H,1,10,19-20H2,(H2,27,28,30). The van der Waals surface area contributed by atoms with E-state index in [4.69, 9.17) is 0 Å². The monoisotopic (exact) mass is 427 g/mol. The number of rotatable bonds is 9. The van der Waals surface area contributed by atoms with Gasteiger partial charge in [0.05, 0.1) is 4.92 Å². The molecule has 6 heteroatoms. The summed E-state index contributed by atoms with van der Waals surface area (Å²) in [6, 6.07) is 25.5. The molecule has 32 heavy (non-hydrogen) atoms. The van der Waals surface area contributed by atoms with Gasteiger partial charge in [-0.2, -0.15) is 0 Å². The van der Waals surface area contributed by atoms with E-state index in [1.54, 1.807) is 0 Å². The van der Waals surface area contributed by atoms with Crippen molar-refractivity contribution in [3.63, 3.8) is 0 Å². The van der Waals surface area contributed by atoms with Crippen LogP contribution < -0.4 is 10.6 Å². The van der Waals surface area contributed by atoms with Crippen LogP contribution in [0.25, 0.3) is 0 Å². The van der Waals surface area contributed by atoms with Gasteiger partial charge in [0.2, 0.25) is 0 Å². The number of non-ortho nitro benzene ring substituents is 1. The molecule has 162 valence electrons. The minimum absolute atomic E-state index is 0.0293. The molecule has 0 unspecified atom stereocenters. The maximum absolute atomic E-state index is 12.7. The topological polar surface area (TPSA) is 84.3 Å². The fraction of sp³-hybridized carbons (Fsp3) is 0.154. The summed E-state index contributed by atoms with van der Waals surface area (Å²) in [6.45, 7) is 4.03. The van der Waals surface area contributed by atoms with Gasteiger partial charge in [0.15, 0.2) is 0 Å². The molecule has 0 fully saturated rings. The molecule has 3 rings (SSSR count). The first kappa shape index (κ1) is 22.5. The van der Waals surface area contributed by atoms with Gasteiger partial charge in [-0.3, -0.25) is 10.1 Å². The van der Waals surface area contributed by atoms with Gasteiger partial charge in [0.1, 0.15) is 0 Å². The Labute approximate surface area is 187 Å². The van der Waals surface area contributed by atoms with Crippen molar-refractivity contribution in [1.29, 1.82) is 0 Å². The first-order valence-corrected chi connectivity index (χ1v) is 10.3. The van der Waals surface area contributed by atoms with E-state index in [2.05, 4.69) is 47.2 Å². The predicted octanol–water partition coefficient (Wildman–Crippen LogP) is 5.82. The van der Waals surface area contributed by atoms with Gasteiger partial charge in [0.25, 0.3) is 5.69 Å². The second kappa shape index (κ2) is 10.8. The fourth-order valence-electron chi connectivity index (χ4n) is 3.76. The zero-order valence-corrected chi connectivity index (χ0v) is 17.7. The fourth-order valence-corrected chi connectivity index (χ4v) is 3.76. The Balaban J connectivity index is 1.85. The summed E-state index contributed by atoms with van der Waals surface area (Å²) in [5.41, 5.74) is 5.02. The van der Waals surface area contributed by atoms with Crippen LogP contribution in [-0.4, -0.2) is 17.5 Å². The zero-order chi connectivity index (χ0) is 22.8. The molecule has 0 spiro atoms. The lowest BCUT2D eigenvalue weighted by atomic mass is 9.71. The molecular weight excluding hydrogens is 402 g/mol. The lowest BCUT2D eigenvalue weighted by Crippen LogP contribution is -2.43. The summed E-state index contributed by atoms with van der Waals surface area (Å²) in [5, 5.41) is 16.6. The number of urea groups is 1. The number of nitro benzene ring substituents is 1. The third-order valence-electron chi connectivity index (χ3n) is 5.40. The second-order valence-corrected chi connectivity index (χ2v) is 7.37. The highest BCUT2D eigenvalue weighted by atomic mass is 16.6. The molecule has 0 saturated heterocycles. The van der Waals surface area contributed by atoms with Crippen molar-refractivity contribution >= 4 is 17.4 Å². The number of nitrogens with zero attached hydrogens (tertiary/aromatic N) is 1. The summed E-state index contributed by atoms with van der Waals surface area (Å²) in [6.07, 6.45) is 3.40. The van der Waals surface area contributed by atoms with Gasteiger partial charge in [-0.1, -0.05) is 67.2 Å². The Morgan fingerprint density at radius 3 is 2.03 bits per heavy atom. The highest BCUT2D eigenvalue weighted by Gasteiger charge is 2.34. The molecule has 3 aromatic rings. The van der Waals surface area contributed by atoms with Crippen LogP contribution in [0.3, 0.4) is 0 Å². The van der Waals surface area contributed by atoms with E-state index in [0.29, 0.717) is 12.2 Å². The number of nitrogens with one attached hydrogen (secondary N) is 2. The molecule has 0 aromatic heterocycles. The molecule has 2 amide bonds. The lowest BCUT2D eigenvalue weighted by molar-refractivity contribution is -0.384. The van der Waals surface area contributed by atoms with Crippen molar-refractivity contribution < 1.29 is 9.72 Å². The summed E-state index contributed by atoms with van der Waals surface area (Å²) < 4.78 is 0. The van der Waals surface area contributed by atoms with Crippen LogP contribution in [0.2, 0.25) is 0 Å². The molecule has 0 saturated carbocycles. The van der Waals surface area contributed by atoms with E-state index in [9.17, 15) is 14.9 Å². The van der Waals surface area contributed by atoms with Crippen LogP contribution in [0.5, 0.6) is 0 Å². The minimum atomic E-state index is -0.477. The summed E-state index contributed by atoms with van der Waals surface area (Å²) in [5.74, 6) is 0. The Hall–Kier alpha value is -4.15. The number of hydrogen-bond donors (Lipinski definition) is 2. The highest BCUT2D eigenvalue weighted by molar-refractivity contribution is 5.89. The molecule has 3 aromatic carbocycles. The van der Waals surface area contributed by atoms with Crippen molar-refractivity contribution in [3.05, 3.63) is 125 Å². The first-order chi connectivity index (χ1) is 15.5. The van der Waals surface area contributed by atoms with Gasteiger partial charge in [0, 0.05) is 29.8 Å². The molecular formula is C26H25N3O3. The van der Waals surface area contributed by atoms with Crippen LogP contribution in [0.4, 0.5) is 16.2 Å². The Morgan fingerprint density at radius 2 is 1.53 bits per heavy atom. The van der Waals surface area contributed by atoms with Crippen molar-refractivity contribution in [3.8, 4) is 0 Å². The van der Waals surface area contributed by atoms with Gasteiger partial charge < -0.3 is 10.6 Å². The quantitative estimate of drug-likeness (QED) is 0.256. The van der Waals surface area contributed by atoms with Crippen LogP contribution in [0, 0.1) is 10.1 Å². The predicted molar refractivity (Wildman–Crippen MR) is 127 cm³/mol. The van der Waals surface area contributed by atoms with Gasteiger partial charge in [-0.05, 0) is 42.2 Å². The maximum atomic E-state index is 12.7. The van der Waals surface area contributed by atoms with Gasteiger partial charge >= 0.3 is 6.03 Å². The number of anilines is 1. The van der Waals surface area contributed by atoms with Crippen molar-refractivity contribution in [2.45, 2.75) is 18.3 Å². The average Bonchev–Trinajstić information content (AvgIpc) is 2.83. The number of carbonyl (C=O) groups is 1. The van der Waals surface area contributed by atoms with E-state index in [0.717, 1.165) is 24.0 Å². The number of allylic oxidation sites excluding steroid dienone is 1. The highest BCUT2D eigenvalue weighted by Crippen LogP contribution is 2.36. The molecule has 0 heterocycles.